The van der Waals surface area contributed by atoms with Crippen LogP contribution in [0.4, 0.5) is 13.2 Å². The third kappa shape index (κ3) is 3.76. The Bertz CT molecular complexity index is 1000. The molecule has 1 aromatic carbocycles. The number of benzene rings is 1. The Morgan fingerprint density at radius 1 is 0.964 bits per heavy atom. The maximum Gasteiger partial charge on any atom is 0.431 e. The maximum atomic E-state index is 13.4. The van der Waals surface area contributed by atoms with Crippen molar-refractivity contribution in [1.29, 1.82) is 0 Å². The predicted molar refractivity (Wildman–Crippen MR) is 94.7 cm³/mol. The summed E-state index contributed by atoms with van der Waals surface area (Å²) in [4.78, 5) is 36.8. The third-order valence-corrected chi connectivity index (χ3v) is 4.51. The van der Waals surface area contributed by atoms with E-state index in [4.69, 9.17) is 0 Å². The lowest BCUT2D eigenvalue weighted by molar-refractivity contribution is -0.144. The van der Waals surface area contributed by atoms with Gasteiger partial charge in [0.15, 0.2) is 11.6 Å². The van der Waals surface area contributed by atoms with Gasteiger partial charge >= 0.3 is 6.18 Å². The van der Waals surface area contributed by atoms with E-state index < -0.39 is 45.9 Å². The number of allylic oxidation sites excluding steroid dienone is 1. The second kappa shape index (κ2) is 7.46. The van der Waals surface area contributed by atoms with Crippen molar-refractivity contribution in [2.24, 2.45) is 0 Å². The quantitative estimate of drug-likeness (QED) is 0.494. The first-order valence-corrected chi connectivity index (χ1v) is 8.55. The van der Waals surface area contributed by atoms with Crippen molar-refractivity contribution in [1.82, 2.24) is 4.57 Å². The van der Waals surface area contributed by atoms with Crippen molar-refractivity contribution >= 4 is 17.3 Å². The average Bonchev–Trinajstić information content (AvgIpc) is 2.63. The van der Waals surface area contributed by atoms with Crippen LogP contribution in [0.1, 0.15) is 36.1 Å². The minimum absolute atomic E-state index is 0.0317. The van der Waals surface area contributed by atoms with Gasteiger partial charge < -0.3 is 5.11 Å². The molecule has 28 heavy (non-hydrogen) atoms. The molecule has 3 rings (SSSR count). The zero-order valence-electron chi connectivity index (χ0n) is 14.6. The van der Waals surface area contributed by atoms with Gasteiger partial charge in [-0.3, -0.25) is 19.0 Å². The minimum atomic E-state index is -4.80. The summed E-state index contributed by atoms with van der Waals surface area (Å²) in [6.07, 6.45) is -4.40. The van der Waals surface area contributed by atoms with Gasteiger partial charge in [-0.15, -0.1) is 0 Å². The van der Waals surface area contributed by atoms with Crippen LogP contribution < -0.4 is 5.56 Å². The van der Waals surface area contributed by atoms with E-state index in [0.717, 1.165) is 6.07 Å². The predicted octanol–water partition coefficient (Wildman–Crippen LogP) is 3.51. The van der Waals surface area contributed by atoms with Crippen LogP contribution in [0.25, 0.3) is 5.76 Å². The number of hydrogen-bond acceptors (Lipinski definition) is 4. The summed E-state index contributed by atoms with van der Waals surface area (Å²) >= 11 is 0. The number of halogens is 3. The fraction of sp³-hybridized carbons (Fsp3) is 0.250. The number of carbonyl (C=O) groups is 2. The molecule has 0 unspecified atom stereocenters. The highest BCUT2D eigenvalue weighted by Gasteiger charge is 2.36. The number of ketones is 2. The molecule has 1 aromatic heterocycles. The molecular weight excluding hydrogens is 375 g/mol. The summed E-state index contributed by atoms with van der Waals surface area (Å²) in [6.45, 7) is -0.382. The molecule has 146 valence electrons. The first-order chi connectivity index (χ1) is 13.2. The number of aliphatic hydroxyl groups excluding tert-OH is 1. The molecule has 0 bridgehead atoms. The molecule has 0 spiro atoms. The Morgan fingerprint density at radius 3 is 2.14 bits per heavy atom. The van der Waals surface area contributed by atoms with Crippen LogP contribution in [-0.4, -0.2) is 21.2 Å². The molecular formula is C20H16F3NO4. The van der Waals surface area contributed by atoms with Crippen LogP contribution in [0.3, 0.4) is 0 Å². The number of Topliss-reactive ketones (excluding diaryl/α,β-unsaturated/α-hetero) is 2. The maximum absolute atomic E-state index is 13.4. The Kier molecular flexibility index (Phi) is 5.22. The third-order valence-electron chi connectivity index (χ3n) is 4.51. The van der Waals surface area contributed by atoms with E-state index in [-0.39, 0.29) is 19.4 Å². The molecule has 1 aliphatic carbocycles. The van der Waals surface area contributed by atoms with E-state index in [2.05, 4.69) is 0 Å². The summed E-state index contributed by atoms with van der Waals surface area (Å²) in [7, 11) is 0. The van der Waals surface area contributed by atoms with Crippen molar-refractivity contribution in [3.8, 4) is 0 Å². The van der Waals surface area contributed by atoms with Gasteiger partial charge in [0, 0.05) is 12.8 Å². The van der Waals surface area contributed by atoms with Crippen LogP contribution in [-0.2, 0) is 22.3 Å². The van der Waals surface area contributed by atoms with E-state index >= 15 is 0 Å². The topological polar surface area (TPSA) is 76.4 Å². The van der Waals surface area contributed by atoms with Gasteiger partial charge in [0.25, 0.3) is 5.56 Å². The summed E-state index contributed by atoms with van der Waals surface area (Å²) in [5, 5.41) is 10.4. The van der Waals surface area contributed by atoms with Crippen LogP contribution in [0.5, 0.6) is 0 Å². The van der Waals surface area contributed by atoms with Crippen molar-refractivity contribution < 1.29 is 27.9 Å². The highest BCUT2D eigenvalue weighted by atomic mass is 19.4. The smallest absolute Gasteiger partial charge is 0.431 e. The van der Waals surface area contributed by atoms with Crippen molar-refractivity contribution in [3.05, 3.63) is 75.2 Å². The number of hydrogen-bond donors (Lipinski definition) is 1. The lowest BCUT2D eigenvalue weighted by Gasteiger charge is -2.18. The lowest BCUT2D eigenvalue weighted by Crippen LogP contribution is -2.31. The first-order valence-electron chi connectivity index (χ1n) is 8.55. The number of carbonyl (C=O) groups excluding carboxylic acids is 2. The summed E-state index contributed by atoms with van der Waals surface area (Å²) in [6, 6.07) is 9.51. The van der Waals surface area contributed by atoms with E-state index in [1.54, 1.807) is 30.3 Å². The number of alkyl halides is 3. The van der Waals surface area contributed by atoms with Crippen LogP contribution in [0.15, 0.2) is 52.8 Å². The standard InChI is InChI=1S/C20H16F3NO4/c21-20(22,23)16-10-9-13(18(27)17-14(25)7-4-8-15(17)26)19(28)24(16)11-12-5-2-1-3-6-12/h1-3,5-6,9-10,27H,4,7-8,11H2. The summed E-state index contributed by atoms with van der Waals surface area (Å²) < 4.78 is 40.7. The molecule has 1 N–H and O–H groups in total. The fourth-order valence-corrected chi connectivity index (χ4v) is 3.14. The van der Waals surface area contributed by atoms with Gasteiger partial charge in [0.2, 0.25) is 0 Å². The highest BCUT2D eigenvalue weighted by Crippen LogP contribution is 2.30. The molecule has 0 aliphatic heterocycles. The number of pyridine rings is 1. The Morgan fingerprint density at radius 2 is 1.57 bits per heavy atom. The Balaban J connectivity index is 2.19. The van der Waals surface area contributed by atoms with E-state index in [1.807, 2.05) is 0 Å². The monoisotopic (exact) mass is 391 g/mol. The lowest BCUT2D eigenvalue weighted by atomic mass is 9.90. The number of aliphatic hydroxyl groups is 1. The number of rotatable bonds is 3. The molecule has 0 amide bonds. The van der Waals surface area contributed by atoms with Crippen molar-refractivity contribution in [2.45, 2.75) is 32.0 Å². The largest absolute Gasteiger partial charge is 0.506 e. The second-order valence-corrected chi connectivity index (χ2v) is 6.43. The molecule has 1 fully saturated rings. The van der Waals surface area contributed by atoms with Crippen LogP contribution in [0, 0.1) is 0 Å². The average molecular weight is 391 g/mol. The van der Waals surface area contributed by atoms with Gasteiger partial charge in [-0.25, -0.2) is 0 Å². The molecule has 8 heteroatoms. The zero-order chi connectivity index (χ0) is 20.5. The molecule has 0 atom stereocenters. The van der Waals surface area contributed by atoms with Gasteiger partial charge in [0.1, 0.15) is 17.0 Å². The highest BCUT2D eigenvalue weighted by molar-refractivity contribution is 6.25. The summed E-state index contributed by atoms with van der Waals surface area (Å²) in [5.41, 5.74) is -2.90. The molecule has 2 aromatic rings. The molecule has 1 heterocycles. The van der Waals surface area contributed by atoms with E-state index in [9.17, 15) is 32.7 Å². The Labute approximate surface area is 157 Å². The zero-order valence-corrected chi connectivity index (χ0v) is 14.6. The van der Waals surface area contributed by atoms with E-state index in [0.29, 0.717) is 22.6 Å². The van der Waals surface area contributed by atoms with Crippen LogP contribution in [0.2, 0.25) is 0 Å². The molecule has 5 nitrogen and oxygen atoms in total. The molecule has 0 saturated heterocycles. The molecule has 1 aliphatic rings. The molecule has 0 radical (unpaired) electrons. The Hall–Kier alpha value is -3.16. The van der Waals surface area contributed by atoms with Gasteiger partial charge in [-0.1, -0.05) is 30.3 Å². The van der Waals surface area contributed by atoms with Crippen LogP contribution >= 0.6 is 0 Å². The van der Waals surface area contributed by atoms with E-state index in [1.165, 1.54) is 0 Å². The first kappa shape index (κ1) is 19.6. The minimum Gasteiger partial charge on any atom is -0.506 e. The van der Waals surface area contributed by atoms with Crippen molar-refractivity contribution in [2.75, 3.05) is 0 Å². The van der Waals surface area contributed by atoms with Gasteiger partial charge in [0.05, 0.1) is 12.1 Å². The fourth-order valence-electron chi connectivity index (χ4n) is 3.14. The molecule has 1 saturated carbocycles. The van der Waals surface area contributed by atoms with Gasteiger partial charge in [-0.2, -0.15) is 13.2 Å². The second-order valence-electron chi connectivity index (χ2n) is 6.43. The number of aromatic nitrogens is 1. The number of nitrogens with zero attached hydrogens (tertiary/aromatic N) is 1. The normalized spacial score (nSPS) is 15.0. The van der Waals surface area contributed by atoms with Gasteiger partial charge in [-0.05, 0) is 24.1 Å². The SMILES string of the molecule is O=C1CCCC(=O)C1=C(O)c1ccc(C(F)(F)F)n(Cc2ccccc2)c1=O. The van der Waals surface area contributed by atoms with Crippen molar-refractivity contribution in [3.63, 3.8) is 0 Å². The summed E-state index contributed by atoms with van der Waals surface area (Å²) in [5.74, 6) is -2.11.